The zero-order valence-corrected chi connectivity index (χ0v) is 23.0. The van der Waals surface area contributed by atoms with Crippen LogP contribution >= 0.6 is 0 Å². The molecule has 0 unspecified atom stereocenters. The molecule has 41 heavy (non-hydrogen) atoms. The van der Waals surface area contributed by atoms with Gasteiger partial charge in [-0.2, -0.15) is 5.10 Å². The van der Waals surface area contributed by atoms with Crippen LogP contribution < -0.4 is 4.74 Å². The minimum Gasteiger partial charge on any atom is -0.457 e. The largest absolute Gasteiger partial charge is 0.457 e. The molecule has 0 amide bonds. The maximum absolute atomic E-state index is 14.3. The highest BCUT2D eigenvalue weighted by atomic mass is 19.1. The fourth-order valence-corrected chi connectivity index (χ4v) is 5.66. The number of nitrogens with zero attached hydrogens (tertiary/aromatic N) is 4. The normalized spacial score (nSPS) is 11.4. The second-order valence-corrected chi connectivity index (χ2v) is 10.3. The van der Waals surface area contributed by atoms with Gasteiger partial charge in [-0.15, -0.1) is 0 Å². The molecule has 0 spiro atoms. The molecule has 200 valence electrons. The lowest BCUT2D eigenvalue weighted by Crippen LogP contribution is -1.99. The van der Waals surface area contributed by atoms with E-state index in [0.717, 1.165) is 61.4 Å². The second kappa shape index (κ2) is 9.75. The van der Waals surface area contributed by atoms with Gasteiger partial charge < -0.3 is 4.74 Å². The zero-order valence-electron chi connectivity index (χ0n) is 23.0. The van der Waals surface area contributed by atoms with Gasteiger partial charge in [0.1, 0.15) is 23.1 Å². The Labute approximate surface area is 237 Å². The van der Waals surface area contributed by atoms with Crippen molar-refractivity contribution in [2.75, 3.05) is 0 Å². The lowest BCUT2D eigenvalue weighted by Gasteiger charge is -2.11. The Morgan fingerprint density at radius 3 is 2.37 bits per heavy atom. The number of aryl methyl sites for hydroxylation is 2. The van der Waals surface area contributed by atoms with Crippen molar-refractivity contribution in [3.63, 3.8) is 0 Å². The van der Waals surface area contributed by atoms with Gasteiger partial charge in [-0.1, -0.05) is 36.4 Å². The highest BCUT2D eigenvalue weighted by molar-refractivity contribution is 6.09. The van der Waals surface area contributed by atoms with Gasteiger partial charge in [0.15, 0.2) is 0 Å². The van der Waals surface area contributed by atoms with Crippen molar-refractivity contribution in [1.82, 2.24) is 19.3 Å². The van der Waals surface area contributed by atoms with Gasteiger partial charge in [0, 0.05) is 40.4 Å². The lowest BCUT2D eigenvalue weighted by atomic mass is 10.0. The molecule has 0 bridgehead atoms. The van der Waals surface area contributed by atoms with Crippen LogP contribution in [0.3, 0.4) is 0 Å². The molecule has 0 aliphatic heterocycles. The Morgan fingerprint density at radius 1 is 0.707 bits per heavy atom. The quantitative estimate of drug-likeness (QED) is 0.220. The summed E-state index contributed by atoms with van der Waals surface area (Å²) in [7, 11) is 0. The molecule has 6 heteroatoms. The highest BCUT2D eigenvalue weighted by Crippen LogP contribution is 2.36. The van der Waals surface area contributed by atoms with Crippen molar-refractivity contribution in [3.8, 4) is 34.1 Å². The molecular formula is C35H27FN4O. The first-order chi connectivity index (χ1) is 20.0. The molecule has 4 aromatic carbocycles. The molecule has 0 atom stereocenters. The minimum atomic E-state index is -0.273. The highest BCUT2D eigenvalue weighted by Gasteiger charge is 2.17. The van der Waals surface area contributed by atoms with Crippen molar-refractivity contribution >= 4 is 21.8 Å². The van der Waals surface area contributed by atoms with Gasteiger partial charge in [0.25, 0.3) is 0 Å². The Balaban J connectivity index is 1.30. The molecule has 0 aliphatic carbocycles. The summed E-state index contributed by atoms with van der Waals surface area (Å²) in [6.45, 7) is 6.16. The smallest absolute Gasteiger partial charge is 0.137 e. The number of benzene rings is 4. The van der Waals surface area contributed by atoms with Crippen LogP contribution in [0.1, 0.15) is 17.0 Å². The van der Waals surface area contributed by atoms with E-state index in [1.54, 1.807) is 18.3 Å². The lowest BCUT2D eigenvalue weighted by molar-refractivity contribution is 0.483. The van der Waals surface area contributed by atoms with Crippen molar-refractivity contribution in [3.05, 3.63) is 132 Å². The predicted molar refractivity (Wildman–Crippen MR) is 162 cm³/mol. The molecular weight excluding hydrogens is 511 g/mol. The topological polar surface area (TPSA) is 44.9 Å². The zero-order chi connectivity index (χ0) is 28.1. The molecule has 0 N–H and O–H groups in total. The van der Waals surface area contributed by atoms with Gasteiger partial charge in [0.05, 0.1) is 22.4 Å². The third kappa shape index (κ3) is 4.34. The SMILES string of the molecule is Cc1ccnc(-n2c3ccc(F)cc3c3ccc(Oc4cccc(-n5nc(C)c(-c6ccccc6)c5C)c4)cc32)c1. The molecule has 0 aliphatic rings. The van der Waals surface area contributed by atoms with Gasteiger partial charge in [-0.25, -0.2) is 14.1 Å². The molecule has 3 aromatic heterocycles. The Bertz CT molecular complexity index is 2070. The van der Waals surface area contributed by atoms with Gasteiger partial charge in [0.2, 0.25) is 0 Å². The third-order valence-corrected chi connectivity index (χ3v) is 7.48. The average molecular weight is 539 g/mol. The fourth-order valence-electron chi connectivity index (χ4n) is 5.66. The van der Waals surface area contributed by atoms with E-state index in [-0.39, 0.29) is 5.82 Å². The van der Waals surface area contributed by atoms with E-state index in [0.29, 0.717) is 11.5 Å². The van der Waals surface area contributed by atoms with Crippen LogP contribution in [-0.2, 0) is 0 Å². The standard InChI is InChI=1S/C35H27FN4O/c1-22-16-17-37-34(18-22)39-32-15-12-26(36)19-31(32)30-14-13-29(21-33(30)39)41-28-11-7-10-27(20-28)40-24(3)35(23(2)38-40)25-8-5-4-6-9-25/h4-21H,1-3H3. The van der Waals surface area contributed by atoms with Crippen molar-refractivity contribution in [1.29, 1.82) is 0 Å². The van der Waals surface area contributed by atoms with E-state index in [1.165, 1.54) is 6.07 Å². The minimum absolute atomic E-state index is 0.273. The second-order valence-electron chi connectivity index (χ2n) is 10.3. The van der Waals surface area contributed by atoms with E-state index in [1.807, 2.05) is 91.3 Å². The molecule has 0 fully saturated rings. The summed E-state index contributed by atoms with van der Waals surface area (Å²) in [5, 5.41) is 6.61. The molecule has 0 radical (unpaired) electrons. The predicted octanol–water partition coefficient (Wildman–Crippen LogP) is 8.89. The van der Waals surface area contributed by atoms with Crippen LogP contribution in [0, 0.1) is 26.6 Å². The Kier molecular flexibility index (Phi) is 5.89. The van der Waals surface area contributed by atoms with Gasteiger partial charge in [-0.05, 0) is 86.5 Å². The molecule has 5 nitrogen and oxygen atoms in total. The summed E-state index contributed by atoms with van der Waals surface area (Å²) < 4.78 is 24.7. The molecule has 3 heterocycles. The Hall–Kier alpha value is -5.23. The number of rotatable bonds is 5. The van der Waals surface area contributed by atoms with Crippen LogP contribution in [0.4, 0.5) is 4.39 Å². The third-order valence-electron chi connectivity index (χ3n) is 7.48. The first-order valence-electron chi connectivity index (χ1n) is 13.5. The van der Waals surface area contributed by atoms with Gasteiger partial charge >= 0.3 is 0 Å². The van der Waals surface area contributed by atoms with E-state index >= 15 is 0 Å². The first-order valence-corrected chi connectivity index (χ1v) is 13.5. The van der Waals surface area contributed by atoms with E-state index in [9.17, 15) is 4.39 Å². The average Bonchev–Trinajstić information content (AvgIpc) is 3.46. The van der Waals surface area contributed by atoms with Crippen molar-refractivity contribution in [2.24, 2.45) is 0 Å². The van der Waals surface area contributed by atoms with E-state index in [2.05, 4.69) is 28.6 Å². The van der Waals surface area contributed by atoms with Crippen molar-refractivity contribution in [2.45, 2.75) is 20.8 Å². The summed E-state index contributed by atoms with van der Waals surface area (Å²) in [5.41, 5.74) is 8.11. The van der Waals surface area contributed by atoms with Crippen LogP contribution in [0.25, 0.3) is 44.4 Å². The molecule has 0 saturated heterocycles. The number of hydrogen-bond acceptors (Lipinski definition) is 3. The number of halogens is 1. The first kappa shape index (κ1) is 24.8. The maximum Gasteiger partial charge on any atom is 0.137 e. The summed E-state index contributed by atoms with van der Waals surface area (Å²) in [6.07, 6.45) is 1.79. The van der Waals surface area contributed by atoms with Crippen LogP contribution in [-0.4, -0.2) is 19.3 Å². The maximum atomic E-state index is 14.3. The summed E-state index contributed by atoms with van der Waals surface area (Å²) in [4.78, 5) is 4.62. The Morgan fingerprint density at radius 2 is 1.54 bits per heavy atom. The molecule has 7 aromatic rings. The number of pyridine rings is 1. The number of fused-ring (bicyclic) bond motifs is 3. The number of aromatic nitrogens is 4. The van der Waals surface area contributed by atoms with Crippen LogP contribution in [0.2, 0.25) is 0 Å². The number of ether oxygens (including phenoxy) is 1. The van der Waals surface area contributed by atoms with E-state index < -0.39 is 0 Å². The van der Waals surface area contributed by atoms with Crippen molar-refractivity contribution < 1.29 is 9.13 Å². The van der Waals surface area contributed by atoms with Crippen LogP contribution in [0.15, 0.2) is 109 Å². The summed E-state index contributed by atoms with van der Waals surface area (Å²) in [5.74, 6) is 1.86. The van der Waals surface area contributed by atoms with Gasteiger partial charge in [-0.3, -0.25) is 4.57 Å². The number of hydrogen-bond donors (Lipinski definition) is 0. The monoisotopic (exact) mass is 538 g/mol. The van der Waals surface area contributed by atoms with E-state index in [4.69, 9.17) is 9.84 Å². The summed E-state index contributed by atoms with van der Waals surface area (Å²) >= 11 is 0. The van der Waals surface area contributed by atoms with Crippen LogP contribution in [0.5, 0.6) is 11.5 Å². The fraction of sp³-hybridized carbons (Fsp3) is 0.0857. The molecule has 7 rings (SSSR count). The molecule has 0 saturated carbocycles. The summed E-state index contributed by atoms with van der Waals surface area (Å²) in [6, 6.07) is 33.0.